The third-order valence-corrected chi connectivity index (χ3v) is 6.88. The molecule has 6 nitrogen and oxygen atoms in total. The molecule has 3 aromatic rings. The van der Waals surface area contributed by atoms with Crippen LogP contribution in [0.3, 0.4) is 0 Å². The van der Waals surface area contributed by atoms with E-state index in [0.29, 0.717) is 23.2 Å². The zero-order valence-electron chi connectivity index (χ0n) is 18.1. The van der Waals surface area contributed by atoms with E-state index in [-0.39, 0.29) is 28.9 Å². The van der Waals surface area contributed by atoms with Crippen molar-refractivity contribution in [3.05, 3.63) is 95.1 Å². The summed E-state index contributed by atoms with van der Waals surface area (Å²) < 4.78 is 23.9. The summed E-state index contributed by atoms with van der Waals surface area (Å²) in [7, 11) is -1.68. The van der Waals surface area contributed by atoms with Crippen molar-refractivity contribution in [2.45, 2.75) is 24.7 Å². The van der Waals surface area contributed by atoms with Gasteiger partial charge in [0.05, 0.1) is 17.1 Å². The minimum Gasteiger partial charge on any atom is -0.355 e. The van der Waals surface area contributed by atoms with Gasteiger partial charge < -0.3 is 10.6 Å². The number of hydrogen-bond acceptors (Lipinski definition) is 4. The van der Waals surface area contributed by atoms with Crippen molar-refractivity contribution < 1.29 is 18.0 Å². The highest BCUT2D eigenvalue weighted by molar-refractivity contribution is 7.91. The van der Waals surface area contributed by atoms with Gasteiger partial charge in [-0.15, -0.1) is 0 Å². The van der Waals surface area contributed by atoms with E-state index in [4.69, 9.17) is 0 Å². The minimum absolute atomic E-state index is 0.0319. The Morgan fingerprint density at radius 2 is 1.56 bits per heavy atom. The molecule has 0 aliphatic heterocycles. The van der Waals surface area contributed by atoms with Crippen molar-refractivity contribution >= 4 is 27.3 Å². The number of carbonyl (C=O) groups excluding carboxylic acids is 2. The van der Waals surface area contributed by atoms with Gasteiger partial charge in [0, 0.05) is 18.3 Å². The predicted octanol–water partition coefficient (Wildman–Crippen LogP) is 3.61. The highest BCUT2D eigenvalue weighted by Crippen LogP contribution is 2.20. The van der Waals surface area contributed by atoms with E-state index in [1.165, 1.54) is 12.1 Å². The Bertz CT molecular complexity index is 1200. The van der Waals surface area contributed by atoms with Crippen LogP contribution in [-0.2, 0) is 27.5 Å². The molecule has 0 saturated carbocycles. The topological polar surface area (TPSA) is 92.3 Å². The van der Waals surface area contributed by atoms with Crippen molar-refractivity contribution in [2.75, 3.05) is 18.1 Å². The van der Waals surface area contributed by atoms with Crippen LogP contribution >= 0.6 is 0 Å². The van der Waals surface area contributed by atoms with E-state index in [1.807, 2.05) is 36.4 Å². The molecule has 0 aliphatic rings. The second kappa shape index (κ2) is 10.2. The largest absolute Gasteiger partial charge is 0.355 e. The fourth-order valence-corrected chi connectivity index (χ4v) is 4.25. The molecule has 0 spiro atoms. The first-order chi connectivity index (χ1) is 15.3. The van der Waals surface area contributed by atoms with Gasteiger partial charge in [-0.1, -0.05) is 49.4 Å². The van der Waals surface area contributed by atoms with Gasteiger partial charge in [0.25, 0.3) is 5.91 Å². The van der Waals surface area contributed by atoms with E-state index >= 15 is 0 Å². The molecule has 0 saturated heterocycles. The number of carbonyl (C=O) groups is 2. The summed E-state index contributed by atoms with van der Waals surface area (Å²) in [6, 6.07) is 21.4. The van der Waals surface area contributed by atoms with E-state index < -0.39 is 9.84 Å². The maximum atomic E-state index is 12.6. The lowest BCUT2D eigenvalue weighted by Gasteiger charge is -2.12. The molecular weight excluding hydrogens is 424 g/mol. The molecule has 2 amide bonds. The lowest BCUT2D eigenvalue weighted by atomic mass is 9.98. The summed E-state index contributed by atoms with van der Waals surface area (Å²) in [5.74, 6) is -0.380. The van der Waals surface area contributed by atoms with E-state index in [1.54, 1.807) is 38.2 Å². The van der Waals surface area contributed by atoms with Crippen molar-refractivity contribution in [2.24, 2.45) is 0 Å². The Morgan fingerprint density at radius 1 is 0.875 bits per heavy atom. The van der Waals surface area contributed by atoms with Crippen LogP contribution in [0.2, 0.25) is 0 Å². The van der Waals surface area contributed by atoms with Gasteiger partial charge in [0.1, 0.15) is 0 Å². The summed E-state index contributed by atoms with van der Waals surface area (Å²) in [5.41, 5.74) is 3.73. The standard InChI is InChI=1S/C25H26N2O4S/c1-3-32(30,31)22-12-9-19(10-13-22)16-24(28)27-21-11-14-23(25(29)26-2)20(17-21)15-18-7-5-4-6-8-18/h4-14,17H,3,15-16H2,1-2H3,(H,26,29)(H,27,28). The zero-order valence-corrected chi connectivity index (χ0v) is 18.9. The second-order valence-corrected chi connectivity index (χ2v) is 9.66. The molecule has 0 aliphatic carbocycles. The fourth-order valence-electron chi connectivity index (χ4n) is 3.36. The van der Waals surface area contributed by atoms with Crippen molar-refractivity contribution in [1.29, 1.82) is 0 Å². The summed E-state index contributed by atoms with van der Waals surface area (Å²) >= 11 is 0. The summed E-state index contributed by atoms with van der Waals surface area (Å²) in [4.78, 5) is 25.1. The molecule has 0 bridgehead atoms. The molecule has 0 aromatic heterocycles. The van der Waals surface area contributed by atoms with Gasteiger partial charge >= 0.3 is 0 Å². The first kappa shape index (κ1) is 23.2. The van der Waals surface area contributed by atoms with E-state index in [9.17, 15) is 18.0 Å². The van der Waals surface area contributed by atoms with Crippen LogP contribution in [0.5, 0.6) is 0 Å². The molecule has 3 aromatic carbocycles. The van der Waals surface area contributed by atoms with Gasteiger partial charge in [-0.05, 0) is 53.4 Å². The average Bonchev–Trinajstić information content (AvgIpc) is 2.80. The molecule has 166 valence electrons. The van der Waals surface area contributed by atoms with Crippen LogP contribution in [0, 0.1) is 0 Å². The van der Waals surface area contributed by atoms with Crippen molar-refractivity contribution in [1.82, 2.24) is 5.32 Å². The van der Waals surface area contributed by atoms with Gasteiger partial charge in [-0.3, -0.25) is 9.59 Å². The first-order valence-electron chi connectivity index (χ1n) is 10.3. The van der Waals surface area contributed by atoms with Crippen molar-refractivity contribution in [3.63, 3.8) is 0 Å². The molecule has 2 N–H and O–H groups in total. The average molecular weight is 451 g/mol. The van der Waals surface area contributed by atoms with Gasteiger partial charge in [0.2, 0.25) is 5.91 Å². The molecule has 0 atom stereocenters. The lowest BCUT2D eigenvalue weighted by molar-refractivity contribution is -0.115. The third kappa shape index (κ3) is 5.82. The predicted molar refractivity (Wildman–Crippen MR) is 126 cm³/mol. The normalized spacial score (nSPS) is 11.1. The Morgan fingerprint density at radius 3 is 2.19 bits per heavy atom. The number of hydrogen-bond donors (Lipinski definition) is 2. The first-order valence-corrected chi connectivity index (χ1v) is 12.0. The number of sulfone groups is 1. The maximum absolute atomic E-state index is 12.6. The number of nitrogens with one attached hydrogen (secondary N) is 2. The molecule has 7 heteroatoms. The monoisotopic (exact) mass is 450 g/mol. The maximum Gasteiger partial charge on any atom is 0.251 e. The Kier molecular flexibility index (Phi) is 7.43. The van der Waals surface area contributed by atoms with Crippen molar-refractivity contribution in [3.8, 4) is 0 Å². The quantitative estimate of drug-likeness (QED) is 0.548. The van der Waals surface area contributed by atoms with E-state index in [2.05, 4.69) is 10.6 Å². The number of rotatable bonds is 8. The van der Waals surface area contributed by atoms with Crippen LogP contribution in [0.15, 0.2) is 77.7 Å². The Labute approximate surface area is 188 Å². The third-order valence-electron chi connectivity index (χ3n) is 5.13. The molecule has 3 rings (SSSR count). The number of anilines is 1. The zero-order chi connectivity index (χ0) is 23.1. The minimum atomic E-state index is -3.27. The highest BCUT2D eigenvalue weighted by Gasteiger charge is 2.14. The molecule has 0 heterocycles. The summed E-state index contributed by atoms with van der Waals surface area (Å²) in [6.07, 6.45) is 0.665. The van der Waals surface area contributed by atoms with Gasteiger partial charge in [0.15, 0.2) is 9.84 Å². The Balaban J connectivity index is 1.75. The summed E-state index contributed by atoms with van der Waals surface area (Å²) in [6.45, 7) is 1.60. The van der Waals surface area contributed by atoms with Crippen LogP contribution in [0.25, 0.3) is 0 Å². The van der Waals surface area contributed by atoms with Crippen LogP contribution < -0.4 is 10.6 Å². The second-order valence-electron chi connectivity index (χ2n) is 7.39. The SMILES string of the molecule is CCS(=O)(=O)c1ccc(CC(=O)Nc2ccc(C(=O)NC)c(Cc3ccccc3)c2)cc1. The highest BCUT2D eigenvalue weighted by atomic mass is 32.2. The smallest absolute Gasteiger partial charge is 0.251 e. The molecule has 0 fully saturated rings. The fraction of sp³-hybridized carbons (Fsp3) is 0.200. The molecule has 0 radical (unpaired) electrons. The molecule has 32 heavy (non-hydrogen) atoms. The van der Waals surface area contributed by atoms with Crippen LogP contribution in [0.4, 0.5) is 5.69 Å². The molecular formula is C25H26N2O4S. The number of benzene rings is 3. The van der Waals surface area contributed by atoms with E-state index in [0.717, 1.165) is 11.1 Å². The lowest BCUT2D eigenvalue weighted by Crippen LogP contribution is -2.20. The van der Waals surface area contributed by atoms with Crippen LogP contribution in [-0.4, -0.2) is 33.0 Å². The van der Waals surface area contributed by atoms with Gasteiger partial charge in [-0.2, -0.15) is 0 Å². The summed E-state index contributed by atoms with van der Waals surface area (Å²) in [5, 5.41) is 5.52. The van der Waals surface area contributed by atoms with Crippen LogP contribution in [0.1, 0.15) is 34.0 Å². The number of amides is 2. The Hall–Kier alpha value is -3.45. The molecule has 0 unspecified atom stereocenters. The van der Waals surface area contributed by atoms with Gasteiger partial charge in [-0.25, -0.2) is 8.42 Å².